The minimum atomic E-state index is -0.473. The molecular formula is C15H11N3O4. The summed E-state index contributed by atoms with van der Waals surface area (Å²) in [5, 5.41) is 13.2. The average Bonchev–Trinajstić information content (AvgIpc) is 2.98. The molecule has 1 heterocycles. The number of hydrogen-bond acceptors (Lipinski definition) is 5. The Morgan fingerprint density at radius 2 is 1.95 bits per heavy atom. The Morgan fingerprint density at radius 1 is 1.23 bits per heavy atom. The summed E-state index contributed by atoms with van der Waals surface area (Å²) in [6.45, 7) is 0. The van der Waals surface area contributed by atoms with E-state index in [2.05, 4.69) is 10.3 Å². The Balaban J connectivity index is 2.08. The lowest BCUT2D eigenvalue weighted by Gasteiger charge is -1.98. The molecule has 0 atom stereocenters. The second-order valence-corrected chi connectivity index (χ2v) is 4.56. The van der Waals surface area contributed by atoms with E-state index in [9.17, 15) is 14.9 Å². The molecule has 0 aliphatic rings. The van der Waals surface area contributed by atoms with Crippen LogP contribution in [0.2, 0.25) is 0 Å². The summed E-state index contributed by atoms with van der Waals surface area (Å²) >= 11 is 0. The summed E-state index contributed by atoms with van der Waals surface area (Å²) in [6.07, 6.45) is 0. The highest BCUT2D eigenvalue weighted by molar-refractivity contribution is 6.04. The van der Waals surface area contributed by atoms with Gasteiger partial charge >= 0.3 is 0 Å². The molecule has 0 unspecified atom stereocenters. The highest BCUT2D eigenvalue weighted by Gasteiger charge is 2.16. The van der Waals surface area contributed by atoms with Gasteiger partial charge in [0.15, 0.2) is 5.58 Å². The number of carbonyl (C=O) groups excluding carboxylic acids is 1. The summed E-state index contributed by atoms with van der Waals surface area (Å²) < 4.78 is 5.67. The third-order valence-corrected chi connectivity index (χ3v) is 3.21. The van der Waals surface area contributed by atoms with Gasteiger partial charge in [0, 0.05) is 24.7 Å². The first kappa shape index (κ1) is 13.7. The van der Waals surface area contributed by atoms with Crippen LogP contribution in [0.3, 0.4) is 0 Å². The predicted molar refractivity (Wildman–Crippen MR) is 79.5 cm³/mol. The van der Waals surface area contributed by atoms with Gasteiger partial charge in [-0.3, -0.25) is 14.9 Å². The molecule has 0 saturated carbocycles. The average molecular weight is 297 g/mol. The molecule has 0 aliphatic heterocycles. The summed E-state index contributed by atoms with van der Waals surface area (Å²) in [4.78, 5) is 26.3. The molecule has 0 spiro atoms. The predicted octanol–water partition coefficient (Wildman–Crippen LogP) is 2.76. The van der Waals surface area contributed by atoms with Crippen LogP contribution in [-0.2, 0) is 0 Å². The molecule has 1 amide bonds. The van der Waals surface area contributed by atoms with Crippen LogP contribution in [0.4, 0.5) is 5.69 Å². The number of nitrogens with one attached hydrogen (secondary N) is 1. The summed E-state index contributed by atoms with van der Waals surface area (Å²) in [6, 6.07) is 11.0. The first-order chi connectivity index (χ1) is 10.6. The topological polar surface area (TPSA) is 98.3 Å². The van der Waals surface area contributed by atoms with Crippen molar-refractivity contribution in [2.24, 2.45) is 0 Å². The first-order valence-corrected chi connectivity index (χ1v) is 6.46. The van der Waals surface area contributed by atoms with Crippen LogP contribution in [0.5, 0.6) is 0 Å². The molecule has 1 aromatic heterocycles. The van der Waals surface area contributed by atoms with Gasteiger partial charge in [0.1, 0.15) is 5.52 Å². The smallest absolute Gasteiger partial charge is 0.269 e. The molecule has 7 heteroatoms. The molecule has 0 radical (unpaired) electrons. The number of nitrogens with zero attached hydrogens (tertiary/aromatic N) is 2. The zero-order valence-corrected chi connectivity index (χ0v) is 11.6. The number of fused-ring (bicyclic) bond motifs is 1. The van der Waals surface area contributed by atoms with Gasteiger partial charge in [0.2, 0.25) is 5.89 Å². The number of benzene rings is 2. The first-order valence-electron chi connectivity index (χ1n) is 6.46. The molecule has 3 aromatic rings. The number of rotatable bonds is 3. The minimum absolute atomic E-state index is 0.00842. The standard InChI is InChI=1S/C15H11N3O4/c1-16-14(19)11-3-2-4-12-13(11)22-15(17-12)9-5-7-10(8-6-9)18(20)21/h2-8H,1H3,(H,16,19). The van der Waals surface area contributed by atoms with Crippen molar-refractivity contribution in [3.63, 3.8) is 0 Å². The van der Waals surface area contributed by atoms with Crippen molar-refractivity contribution in [1.29, 1.82) is 0 Å². The number of nitro groups is 1. The zero-order chi connectivity index (χ0) is 15.7. The number of hydrogen-bond donors (Lipinski definition) is 1. The monoisotopic (exact) mass is 297 g/mol. The van der Waals surface area contributed by atoms with Gasteiger partial charge in [-0.2, -0.15) is 0 Å². The van der Waals surface area contributed by atoms with Crippen molar-refractivity contribution in [1.82, 2.24) is 10.3 Å². The van der Waals surface area contributed by atoms with Crippen LogP contribution in [-0.4, -0.2) is 22.9 Å². The number of aromatic nitrogens is 1. The second kappa shape index (κ2) is 5.28. The zero-order valence-electron chi connectivity index (χ0n) is 11.6. The third kappa shape index (κ3) is 2.28. The SMILES string of the molecule is CNC(=O)c1cccc2nc(-c3ccc([N+](=O)[O-])cc3)oc12. The lowest BCUT2D eigenvalue weighted by atomic mass is 10.2. The van der Waals surface area contributed by atoms with Crippen LogP contribution in [0.15, 0.2) is 46.9 Å². The normalized spacial score (nSPS) is 10.6. The Labute approximate surface area is 124 Å². The van der Waals surface area contributed by atoms with Crippen LogP contribution in [0.25, 0.3) is 22.6 Å². The van der Waals surface area contributed by atoms with Crippen molar-refractivity contribution in [3.8, 4) is 11.5 Å². The van der Waals surface area contributed by atoms with E-state index in [4.69, 9.17) is 4.42 Å². The Morgan fingerprint density at radius 3 is 2.59 bits per heavy atom. The fourth-order valence-corrected chi connectivity index (χ4v) is 2.11. The van der Waals surface area contributed by atoms with E-state index in [-0.39, 0.29) is 11.6 Å². The number of oxazole rings is 1. The molecule has 0 aliphatic carbocycles. The second-order valence-electron chi connectivity index (χ2n) is 4.56. The molecule has 0 saturated heterocycles. The summed E-state index contributed by atoms with van der Waals surface area (Å²) in [5.41, 5.74) is 1.92. The summed E-state index contributed by atoms with van der Waals surface area (Å²) in [5.74, 6) is 0.0400. The van der Waals surface area contributed by atoms with Gasteiger partial charge in [-0.25, -0.2) is 4.98 Å². The maximum atomic E-state index is 11.8. The van der Waals surface area contributed by atoms with Crippen LogP contribution < -0.4 is 5.32 Å². The van der Waals surface area contributed by atoms with Gasteiger partial charge in [0.05, 0.1) is 10.5 Å². The largest absolute Gasteiger partial charge is 0.435 e. The van der Waals surface area contributed by atoms with E-state index >= 15 is 0 Å². The van der Waals surface area contributed by atoms with Gasteiger partial charge in [-0.15, -0.1) is 0 Å². The number of non-ortho nitro benzene ring substituents is 1. The number of para-hydroxylation sites is 1. The molecule has 2 aromatic carbocycles. The fraction of sp³-hybridized carbons (Fsp3) is 0.0667. The van der Waals surface area contributed by atoms with E-state index < -0.39 is 4.92 Å². The highest BCUT2D eigenvalue weighted by atomic mass is 16.6. The van der Waals surface area contributed by atoms with Crippen molar-refractivity contribution in [2.75, 3.05) is 7.05 Å². The number of nitro benzene ring substituents is 1. The lowest BCUT2D eigenvalue weighted by molar-refractivity contribution is -0.384. The van der Waals surface area contributed by atoms with Crippen molar-refractivity contribution >= 4 is 22.7 Å². The van der Waals surface area contributed by atoms with E-state index in [0.29, 0.717) is 28.1 Å². The Kier molecular flexibility index (Phi) is 3.30. The molecule has 0 bridgehead atoms. The van der Waals surface area contributed by atoms with E-state index in [1.807, 2.05) is 0 Å². The van der Waals surface area contributed by atoms with Crippen molar-refractivity contribution < 1.29 is 14.1 Å². The molecule has 7 nitrogen and oxygen atoms in total. The van der Waals surface area contributed by atoms with Crippen molar-refractivity contribution in [2.45, 2.75) is 0 Å². The molecular weight excluding hydrogens is 286 g/mol. The van der Waals surface area contributed by atoms with Crippen molar-refractivity contribution in [3.05, 3.63) is 58.1 Å². The maximum absolute atomic E-state index is 11.8. The molecule has 22 heavy (non-hydrogen) atoms. The third-order valence-electron chi connectivity index (χ3n) is 3.21. The van der Waals surface area contributed by atoms with Gasteiger partial charge in [0.25, 0.3) is 11.6 Å². The van der Waals surface area contributed by atoms with Crippen LogP contribution in [0, 0.1) is 10.1 Å². The summed E-state index contributed by atoms with van der Waals surface area (Å²) in [7, 11) is 1.54. The number of carbonyl (C=O) groups is 1. The van der Waals surface area contributed by atoms with E-state index in [1.54, 1.807) is 30.3 Å². The minimum Gasteiger partial charge on any atom is -0.435 e. The fourth-order valence-electron chi connectivity index (χ4n) is 2.11. The molecule has 3 rings (SSSR count). The van der Waals surface area contributed by atoms with E-state index in [1.165, 1.54) is 19.2 Å². The molecule has 1 N–H and O–H groups in total. The Bertz CT molecular complexity index is 868. The Hall–Kier alpha value is -3.22. The van der Waals surface area contributed by atoms with Crippen LogP contribution in [0.1, 0.15) is 10.4 Å². The van der Waals surface area contributed by atoms with Gasteiger partial charge in [-0.1, -0.05) is 6.07 Å². The van der Waals surface area contributed by atoms with Gasteiger partial charge < -0.3 is 9.73 Å². The maximum Gasteiger partial charge on any atom is 0.269 e. The van der Waals surface area contributed by atoms with E-state index in [0.717, 1.165) is 0 Å². The van der Waals surface area contributed by atoms with Gasteiger partial charge in [-0.05, 0) is 24.3 Å². The lowest BCUT2D eigenvalue weighted by Crippen LogP contribution is -2.17. The van der Waals surface area contributed by atoms with Crippen LogP contribution >= 0.6 is 0 Å². The number of amides is 1. The molecule has 110 valence electrons. The quantitative estimate of drug-likeness (QED) is 0.592. The highest BCUT2D eigenvalue weighted by Crippen LogP contribution is 2.27. The molecule has 0 fully saturated rings.